The third-order valence-corrected chi connectivity index (χ3v) is 3.27. The summed E-state index contributed by atoms with van der Waals surface area (Å²) in [5.74, 6) is -1.55. The maximum Gasteiger partial charge on any atom is 0.164 e. The molecule has 1 aliphatic carbocycles. The van der Waals surface area contributed by atoms with Crippen molar-refractivity contribution in [2.75, 3.05) is 5.73 Å². The molecule has 0 amide bonds. The molecule has 0 spiro atoms. The Hall–Kier alpha value is -1.71. The van der Waals surface area contributed by atoms with Crippen LogP contribution in [0.5, 0.6) is 0 Å². The van der Waals surface area contributed by atoms with Crippen molar-refractivity contribution in [3.63, 3.8) is 0 Å². The van der Waals surface area contributed by atoms with Crippen LogP contribution in [0.1, 0.15) is 25.8 Å². The van der Waals surface area contributed by atoms with E-state index < -0.39 is 11.6 Å². The van der Waals surface area contributed by atoms with E-state index in [0.29, 0.717) is 12.0 Å². The fourth-order valence-corrected chi connectivity index (χ4v) is 2.15. The fourth-order valence-electron chi connectivity index (χ4n) is 2.15. The second kappa shape index (κ2) is 3.95. The van der Waals surface area contributed by atoms with Crippen LogP contribution in [-0.2, 0) is 4.79 Å². The van der Waals surface area contributed by atoms with Gasteiger partial charge in [0, 0.05) is 23.6 Å². The van der Waals surface area contributed by atoms with Gasteiger partial charge in [0.1, 0.15) is 11.6 Å². The summed E-state index contributed by atoms with van der Waals surface area (Å²) >= 11 is 0. The zero-order valence-electron chi connectivity index (χ0n) is 9.68. The number of carbonyl (C=O) groups is 1. The average molecular weight is 237 g/mol. The van der Waals surface area contributed by atoms with E-state index in [4.69, 9.17) is 5.73 Å². The number of anilines is 1. The number of hydrogen-bond acceptors (Lipinski definition) is 2. The molecule has 1 aliphatic rings. The lowest BCUT2D eigenvalue weighted by Gasteiger charge is -2.09. The van der Waals surface area contributed by atoms with Gasteiger partial charge in [-0.15, -0.1) is 0 Å². The minimum Gasteiger partial charge on any atom is -0.396 e. The van der Waals surface area contributed by atoms with E-state index in [1.54, 1.807) is 6.92 Å². The Morgan fingerprint density at radius 1 is 1.35 bits per heavy atom. The molecule has 0 heterocycles. The highest BCUT2D eigenvalue weighted by atomic mass is 19.1. The van der Waals surface area contributed by atoms with Crippen molar-refractivity contribution >= 4 is 17.0 Å². The van der Waals surface area contributed by atoms with E-state index in [1.165, 1.54) is 0 Å². The van der Waals surface area contributed by atoms with Gasteiger partial charge in [-0.25, -0.2) is 8.78 Å². The maximum absolute atomic E-state index is 13.3. The van der Waals surface area contributed by atoms with Crippen LogP contribution in [-0.4, -0.2) is 5.78 Å². The first-order valence-electron chi connectivity index (χ1n) is 5.40. The van der Waals surface area contributed by atoms with Crippen LogP contribution in [0.15, 0.2) is 17.7 Å². The average Bonchev–Trinajstić information content (AvgIpc) is 2.48. The van der Waals surface area contributed by atoms with Crippen LogP contribution in [0.25, 0.3) is 5.57 Å². The minimum absolute atomic E-state index is 0.100. The second-order valence-electron chi connectivity index (χ2n) is 4.44. The SMILES string of the molecule is CC1=C(c2cc(F)cc(F)c2N)C(=O)CC1C. The van der Waals surface area contributed by atoms with E-state index in [9.17, 15) is 13.6 Å². The Kier molecular flexibility index (Phi) is 2.73. The molecule has 0 fully saturated rings. The van der Waals surface area contributed by atoms with E-state index in [-0.39, 0.29) is 23.0 Å². The summed E-state index contributed by atoms with van der Waals surface area (Å²) in [5, 5.41) is 0. The van der Waals surface area contributed by atoms with Crippen molar-refractivity contribution in [2.24, 2.45) is 5.92 Å². The molecule has 0 radical (unpaired) electrons. The lowest BCUT2D eigenvalue weighted by molar-refractivity contribution is -0.113. The molecule has 1 aromatic carbocycles. The van der Waals surface area contributed by atoms with E-state index in [2.05, 4.69) is 0 Å². The Balaban J connectivity index is 2.66. The Morgan fingerprint density at radius 3 is 2.53 bits per heavy atom. The van der Waals surface area contributed by atoms with Crippen molar-refractivity contribution < 1.29 is 13.6 Å². The highest BCUT2D eigenvalue weighted by Gasteiger charge is 2.29. The van der Waals surface area contributed by atoms with Crippen LogP contribution in [0.2, 0.25) is 0 Å². The quantitative estimate of drug-likeness (QED) is 0.763. The molecule has 2 N–H and O–H groups in total. The van der Waals surface area contributed by atoms with Crippen molar-refractivity contribution in [2.45, 2.75) is 20.3 Å². The summed E-state index contributed by atoms with van der Waals surface area (Å²) in [6, 6.07) is 1.84. The van der Waals surface area contributed by atoms with Crippen molar-refractivity contribution in [3.8, 4) is 0 Å². The number of benzene rings is 1. The normalized spacial score (nSPS) is 20.2. The predicted molar refractivity (Wildman–Crippen MR) is 62.2 cm³/mol. The number of carbonyl (C=O) groups excluding carboxylic acids is 1. The van der Waals surface area contributed by atoms with E-state index >= 15 is 0 Å². The summed E-state index contributed by atoms with van der Waals surface area (Å²) in [7, 11) is 0. The molecule has 0 aromatic heterocycles. The molecule has 0 bridgehead atoms. The minimum atomic E-state index is -0.826. The van der Waals surface area contributed by atoms with Crippen LogP contribution < -0.4 is 5.73 Å². The first-order chi connectivity index (χ1) is 7.91. The summed E-state index contributed by atoms with van der Waals surface area (Å²) in [4.78, 5) is 11.8. The molecule has 0 saturated carbocycles. The van der Waals surface area contributed by atoms with Crippen molar-refractivity contribution in [1.82, 2.24) is 0 Å². The van der Waals surface area contributed by atoms with Gasteiger partial charge in [0.15, 0.2) is 5.78 Å². The Labute approximate surface area is 98.1 Å². The smallest absolute Gasteiger partial charge is 0.164 e. The Bertz CT molecular complexity index is 534. The fraction of sp³-hybridized carbons (Fsp3) is 0.308. The van der Waals surface area contributed by atoms with Gasteiger partial charge in [0.2, 0.25) is 0 Å². The first kappa shape index (κ1) is 11.8. The summed E-state index contributed by atoms with van der Waals surface area (Å²) in [6.45, 7) is 3.71. The standard InChI is InChI=1S/C13H13F2NO/c1-6-3-11(17)12(7(6)2)9-4-8(14)5-10(15)13(9)16/h4-6H,3,16H2,1-2H3. The number of allylic oxidation sites excluding steroid dienone is 2. The topological polar surface area (TPSA) is 43.1 Å². The predicted octanol–water partition coefficient (Wildman–Crippen LogP) is 2.93. The number of halogens is 2. The molecule has 2 rings (SSSR count). The molecule has 1 atom stereocenters. The molecule has 1 unspecified atom stereocenters. The third kappa shape index (κ3) is 1.84. The Morgan fingerprint density at radius 2 is 2.00 bits per heavy atom. The van der Waals surface area contributed by atoms with Crippen molar-refractivity contribution in [3.05, 3.63) is 34.9 Å². The van der Waals surface area contributed by atoms with Gasteiger partial charge < -0.3 is 5.73 Å². The first-order valence-corrected chi connectivity index (χ1v) is 5.40. The molecule has 17 heavy (non-hydrogen) atoms. The molecule has 0 saturated heterocycles. The molecule has 1 aromatic rings. The summed E-state index contributed by atoms with van der Waals surface area (Å²) in [5.41, 5.74) is 6.79. The summed E-state index contributed by atoms with van der Waals surface area (Å²) in [6.07, 6.45) is 0.374. The van der Waals surface area contributed by atoms with E-state index in [1.807, 2.05) is 6.92 Å². The molecular formula is C13H13F2NO. The van der Waals surface area contributed by atoms with Gasteiger partial charge in [0.25, 0.3) is 0 Å². The van der Waals surface area contributed by atoms with E-state index in [0.717, 1.165) is 17.7 Å². The van der Waals surface area contributed by atoms with Gasteiger partial charge in [0.05, 0.1) is 5.69 Å². The van der Waals surface area contributed by atoms with Crippen LogP contribution in [0.3, 0.4) is 0 Å². The number of nitrogens with two attached hydrogens (primary N) is 1. The number of ketones is 1. The van der Waals surface area contributed by atoms with Gasteiger partial charge in [-0.3, -0.25) is 4.79 Å². The monoisotopic (exact) mass is 237 g/mol. The highest BCUT2D eigenvalue weighted by molar-refractivity contribution is 6.25. The van der Waals surface area contributed by atoms with Crippen LogP contribution in [0.4, 0.5) is 14.5 Å². The van der Waals surface area contributed by atoms with Crippen molar-refractivity contribution in [1.29, 1.82) is 0 Å². The maximum atomic E-state index is 13.3. The highest BCUT2D eigenvalue weighted by Crippen LogP contribution is 2.38. The molecule has 90 valence electrons. The zero-order valence-corrected chi connectivity index (χ0v) is 9.68. The number of nitrogen functional groups attached to an aromatic ring is 1. The molecule has 2 nitrogen and oxygen atoms in total. The lowest BCUT2D eigenvalue weighted by Crippen LogP contribution is -2.03. The second-order valence-corrected chi connectivity index (χ2v) is 4.44. The number of hydrogen-bond donors (Lipinski definition) is 1. The molecule has 4 heteroatoms. The summed E-state index contributed by atoms with van der Waals surface area (Å²) < 4.78 is 26.5. The zero-order chi connectivity index (χ0) is 12.7. The van der Waals surface area contributed by atoms with Gasteiger partial charge in [-0.05, 0) is 18.9 Å². The van der Waals surface area contributed by atoms with Gasteiger partial charge in [-0.2, -0.15) is 0 Å². The van der Waals surface area contributed by atoms with Crippen LogP contribution >= 0.6 is 0 Å². The largest absolute Gasteiger partial charge is 0.396 e. The third-order valence-electron chi connectivity index (χ3n) is 3.27. The van der Waals surface area contributed by atoms with Gasteiger partial charge >= 0.3 is 0 Å². The van der Waals surface area contributed by atoms with Gasteiger partial charge in [-0.1, -0.05) is 12.5 Å². The molecular weight excluding hydrogens is 224 g/mol. The van der Waals surface area contributed by atoms with Crippen LogP contribution in [0, 0.1) is 17.6 Å². The number of rotatable bonds is 1. The number of Topliss-reactive ketones (excluding diaryl/α,β-unsaturated/α-hetero) is 1. The lowest BCUT2D eigenvalue weighted by atomic mass is 9.98. The molecule has 0 aliphatic heterocycles.